The third kappa shape index (κ3) is 1.63. The number of fused-ring (bicyclic) bond motifs is 1. The number of benzene rings is 1. The van der Waals surface area contributed by atoms with Crippen LogP contribution in [0.4, 0.5) is 5.69 Å². The Morgan fingerprint density at radius 1 is 1.60 bits per heavy atom. The van der Waals surface area contributed by atoms with Crippen LogP contribution in [-0.4, -0.2) is 23.2 Å². The molecule has 0 radical (unpaired) electrons. The van der Waals surface area contributed by atoms with Gasteiger partial charge in [0, 0.05) is 0 Å². The van der Waals surface area contributed by atoms with Crippen molar-refractivity contribution in [1.82, 2.24) is 0 Å². The number of carbonyl (C=O) groups is 1. The van der Waals surface area contributed by atoms with E-state index in [-0.39, 0.29) is 6.61 Å². The minimum Gasteiger partial charge on any atom is -0.488 e. The van der Waals surface area contributed by atoms with Crippen LogP contribution in [0, 0.1) is 6.92 Å². The fourth-order valence-electron chi connectivity index (χ4n) is 1.52. The number of aryl methyl sites for hydroxylation is 1. The van der Waals surface area contributed by atoms with Gasteiger partial charge in [-0.05, 0) is 31.5 Å². The lowest BCUT2D eigenvalue weighted by Crippen LogP contribution is -2.50. The SMILES string of the molecule is Cc1ccc2c(c1)OCC(C)(C(=O)O)N2. The Balaban J connectivity index is 2.35. The van der Waals surface area contributed by atoms with Gasteiger partial charge in [-0.3, -0.25) is 0 Å². The molecular formula is C11H13NO3. The van der Waals surface area contributed by atoms with Gasteiger partial charge >= 0.3 is 5.97 Å². The van der Waals surface area contributed by atoms with Crippen LogP contribution in [0.3, 0.4) is 0 Å². The summed E-state index contributed by atoms with van der Waals surface area (Å²) < 4.78 is 5.44. The van der Waals surface area contributed by atoms with Crippen LogP contribution in [0.15, 0.2) is 18.2 Å². The van der Waals surface area contributed by atoms with Gasteiger partial charge in [-0.2, -0.15) is 0 Å². The van der Waals surface area contributed by atoms with E-state index in [4.69, 9.17) is 9.84 Å². The smallest absolute Gasteiger partial charge is 0.332 e. The van der Waals surface area contributed by atoms with Crippen LogP contribution in [-0.2, 0) is 4.79 Å². The summed E-state index contributed by atoms with van der Waals surface area (Å²) in [6.45, 7) is 3.71. The molecule has 2 rings (SSSR count). The van der Waals surface area contributed by atoms with Crippen LogP contribution in [0.2, 0.25) is 0 Å². The van der Waals surface area contributed by atoms with Crippen molar-refractivity contribution in [3.05, 3.63) is 23.8 Å². The number of hydrogen-bond donors (Lipinski definition) is 2. The van der Waals surface area contributed by atoms with E-state index in [0.29, 0.717) is 5.75 Å². The monoisotopic (exact) mass is 207 g/mol. The number of carboxylic acid groups (broad SMARTS) is 1. The van der Waals surface area contributed by atoms with Crippen molar-refractivity contribution in [3.8, 4) is 5.75 Å². The normalized spacial score (nSPS) is 23.6. The molecule has 1 aromatic carbocycles. The molecular weight excluding hydrogens is 194 g/mol. The molecule has 0 fully saturated rings. The lowest BCUT2D eigenvalue weighted by molar-refractivity contribution is -0.143. The van der Waals surface area contributed by atoms with Gasteiger partial charge in [-0.1, -0.05) is 6.07 Å². The quantitative estimate of drug-likeness (QED) is 0.735. The summed E-state index contributed by atoms with van der Waals surface area (Å²) in [5.74, 6) is -0.192. The van der Waals surface area contributed by atoms with E-state index in [1.165, 1.54) is 0 Å². The Morgan fingerprint density at radius 3 is 3.00 bits per heavy atom. The van der Waals surface area contributed by atoms with E-state index in [9.17, 15) is 4.79 Å². The first-order chi connectivity index (χ1) is 7.01. The molecule has 1 aliphatic heterocycles. The van der Waals surface area contributed by atoms with Crippen molar-refractivity contribution >= 4 is 11.7 Å². The van der Waals surface area contributed by atoms with Crippen molar-refractivity contribution in [2.24, 2.45) is 0 Å². The third-order valence-corrected chi connectivity index (χ3v) is 2.54. The molecule has 0 saturated heterocycles. The molecule has 1 aliphatic rings. The molecule has 0 amide bonds. The van der Waals surface area contributed by atoms with Gasteiger partial charge in [-0.25, -0.2) is 4.79 Å². The summed E-state index contributed by atoms with van der Waals surface area (Å²) in [5.41, 5.74) is 0.786. The van der Waals surface area contributed by atoms with E-state index >= 15 is 0 Å². The predicted molar refractivity (Wildman–Crippen MR) is 56.3 cm³/mol. The highest BCUT2D eigenvalue weighted by molar-refractivity contribution is 5.84. The molecule has 0 saturated carbocycles. The molecule has 4 heteroatoms. The molecule has 1 heterocycles. The topological polar surface area (TPSA) is 58.6 Å². The average molecular weight is 207 g/mol. The van der Waals surface area contributed by atoms with Crippen LogP contribution in [0.5, 0.6) is 5.75 Å². The van der Waals surface area contributed by atoms with Crippen molar-refractivity contribution in [1.29, 1.82) is 0 Å². The van der Waals surface area contributed by atoms with Crippen LogP contribution < -0.4 is 10.1 Å². The van der Waals surface area contributed by atoms with Gasteiger partial charge in [0.1, 0.15) is 12.4 Å². The zero-order valence-electron chi connectivity index (χ0n) is 8.70. The first-order valence-electron chi connectivity index (χ1n) is 4.76. The lowest BCUT2D eigenvalue weighted by atomic mass is 10.0. The van der Waals surface area contributed by atoms with Crippen molar-refractivity contribution in [3.63, 3.8) is 0 Å². The molecule has 0 spiro atoms. The molecule has 0 aliphatic carbocycles. The summed E-state index contributed by atoms with van der Waals surface area (Å²) in [7, 11) is 0. The highest BCUT2D eigenvalue weighted by atomic mass is 16.5. The number of ether oxygens (including phenoxy) is 1. The molecule has 15 heavy (non-hydrogen) atoms. The van der Waals surface area contributed by atoms with Gasteiger partial charge in [0.15, 0.2) is 5.54 Å². The van der Waals surface area contributed by atoms with Crippen molar-refractivity contribution in [2.45, 2.75) is 19.4 Å². The minimum absolute atomic E-state index is 0.138. The third-order valence-electron chi connectivity index (χ3n) is 2.54. The number of rotatable bonds is 1. The second-order valence-electron chi connectivity index (χ2n) is 4.05. The number of aliphatic carboxylic acids is 1. The van der Waals surface area contributed by atoms with E-state index in [0.717, 1.165) is 11.3 Å². The zero-order valence-corrected chi connectivity index (χ0v) is 8.70. The Kier molecular flexibility index (Phi) is 2.07. The van der Waals surface area contributed by atoms with Crippen LogP contribution in [0.1, 0.15) is 12.5 Å². The summed E-state index contributed by atoms with van der Waals surface area (Å²) in [6, 6.07) is 5.65. The summed E-state index contributed by atoms with van der Waals surface area (Å²) in [5, 5.41) is 12.0. The standard InChI is InChI=1S/C11H13NO3/c1-7-3-4-8-9(5-7)15-6-11(2,12-8)10(13)14/h3-5,12H,6H2,1-2H3,(H,13,14). The van der Waals surface area contributed by atoms with Crippen LogP contribution >= 0.6 is 0 Å². The van der Waals surface area contributed by atoms with Gasteiger partial charge in [0.25, 0.3) is 0 Å². The summed E-state index contributed by atoms with van der Waals surface area (Å²) in [4.78, 5) is 11.0. The zero-order chi connectivity index (χ0) is 11.1. The van der Waals surface area contributed by atoms with E-state index < -0.39 is 11.5 Å². The number of carboxylic acids is 1. The van der Waals surface area contributed by atoms with Gasteiger partial charge in [0.2, 0.25) is 0 Å². The maximum atomic E-state index is 11.0. The predicted octanol–water partition coefficient (Wildman–Crippen LogP) is 1.64. The molecule has 0 bridgehead atoms. The van der Waals surface area contributed by atoms with Crippen molar-refractivity contribution in [2.75, 3.05) is 11.9 Å². The second-order valence-corrected chi connectivity index (χ2v) is 4.05. The molecule has 4 nitrogen and oxygen atoms in total. The highest BCUT2D eigenvalue weighted by Gasteiger charge is 2.37. The average Bonchev–Trinajstić information content (AvgIpc) is 2.18. The molecule has 80 valence electrons. The van der Waals surface area contributed by atoms with Crippen LogP contribution in [0.25, 0.3) is 0 Å². The first kappa shape index (κ1) is 9.83. The number of hydrogen-bond acceptors (Lipinski definition) is 3. The summed E-state index contributed by atoms with van der Waals surface area (Å²) >= 11 is 0. The van der Waals surface area contributed by atoms with E-state index in [1.807, 2.05) is 25.1 Å². The first-order valence-corrected chi connectivity index (χ1v) is 4.76. The van der Waals surface area contributed by atoms with E-state index in [2.05, 4.69) is 5.32 Å². The maximum Gasteiger partial charge on any atom is 0.332 e. The molecule has 0 aromatic heterocycles. The van der Waals surface area contributed by atoms with Gasteiger partial charge in [-0.15, -0.1) is 0 Å². The molecule has 1 unspecified atom stereocenters. The largest absolute Gasteiger partial charge is 0.488 e. The maximum absolute atomic E-state index is 11.0. The van der Waals surface area contributed by atoms with E-state index in [1.54, 1.807) is 6.92 Å². The van der Waals surface area contributed by atoms with Gasteiger partial charge in [0.05, 0.1) is 5.69 Å². The van der Waals surface area contributed by atoms with Crippen molar-refractivity contribution < 1.29 is 14.6 Å². The highest BCUT2D eigenvalue weighted by Crippen LogP contribution is 2.33. The summed E-state index contributed by atoms with van der Waals surface area (Å²) in [6.07, 6.45) is 0. The fourth-order valence-corrected chi connectivity index (χ4v) is 1.52. The minimum atomic E-state index is -1.04. The molecule has 1 atom stereocenters. The number of nitrogens with one attached hydrogen (secondary N) is 1. The van der Waals surface area contributed by atoms with Gasteiger partial charge < -0.3 is 15.2 Å². The Labute approximate surface area is 87.9 Å². The number of anilines is 1. The Morgan fingerprint density at radius 2 is 2.33 bits per heavy atom. The molecule has 2 N–H and O–H groups in total. The Hall–Kier alpha value is -1.71. The molecule has 1 aromatic rings. The fraction of sp³-hybridized carbons (Fsp3) is 0.364. The second kappa shape index (κ2) is 3.15. The Bertz CT molecular complexity index is 416. The lowest BCUT2D eigenvalue weighted by Gasteiger charge is -2.33.